The molecule has 0 aromatic heterocycles. The smallest absolute Gasteiger partial charge is 0.0434 e. The highest BCUT2D eigenvalue weighted by atomic mass is 16.3. The molecule has 0 aromatic rings. The second kappa shape index (κ2) is 5.58. The minimum atomic E-state index is 0.331. The lowest BCUT2D eigenvalue weighted by molar-refractivity contribution is 0.143. The van der Waals surface area contributed by atoms with Crippen LogP contribution in [-0.4, -0.2) is 49.3 Å². The van der Waals surface area contributed by atoms with Crippen LogP contribution in [0.5, 0.6) is 0 Å². The van der Waals surface area contributed by atoms with Crippen molar-refractivity contribution in [1.29, 1.82) is 0 Å². The van der Waals surface area contributed by atoms with Crippen LogP contribution in [-0.2, 0) is 0 Å². The van der Waals surface area contributed by atoms with Gasteiger partial charge in [0.05, 0.1) is 0 Å². The van der Waals surface area contributed by atoms with Crippen LogP contribution in [0.1, 0.15) is 19.8 Å². The Morgan fingerprint density at radius 1 is 1.46 bits per heavy atom. The molecule has 1 aliphatic rings. The van der Waals surface area contributed by atoms with Crippen molar-refractivity contribution in [2.45, 2.75) is 25.8 Å². The van der Waals surface area contributed by atoms with E-state index in [-0.39, 0.29) is 0 Å². The van der Waals surface area contributed by atoms with Crippen molar-refractivity contribution in [1.82, 2.24) is 10.2 Å². The standard InChI is InChI=1S/C10H22N2O/c1-3-11-10-6-9(4-5-13)7-12(2)8-10/h9-11,13H,3-8H2,1-2H3. The Hall–Kier alpha value is -0.120. The van der Waals surface area contributed by atoms with Crippen molar-refractivity contribution in [3.63, 3.8) is 0 Å². The van der Waals surface area contributed by atoms with Crippen molar-refractivity contribution in [2.75, 3.05) is 33.3 Å². The lowest BCUT2D eigenvalue weighted by Gasteiger charge is -2.35. The average Bonchev–Trinajstić information content (AvgIpc) is 2.04. The van der Waals surface area contributed by atoms with Crippen LogP contribution < -0.4 is 5.32 Å². The molecule has 0 saturated carbocycles. The van der Waals surface area contributed by atoms with E-state index in [9.17, 15) is 0 Å². The van der Waals surface area contributed by atoms with Crippen molar-refractivity contribution in [3.8, 4) is 0 Å². The van der Waals surface area contributed by atoms with Crippen LogP contribution in [0, 0.1) is 5.92 Å². The second-order valence-corrected chi connectivity index (χ2v) is 4.09. The van der Waals surface area contributed by atoms with Gasteiger partial charge in [0.1, 0.15) is 0 Å². The zero-order chi connectivity index (χ0) is 9.68. The Balaban J connectivity index is 2.33. The first kappa shape index (κ1) is 11.0. The maximum atomic E-state index is 8.88. The molecule has 0 radical (unpaired) electrons. The summed E-state index contributed by atoms with van der Waals surface area (Å²) in [6.07, 6.45) is 2.17. The minimum absolute atomic E-state index is 0.331. The van der Waals surface area contributed by atoms with Gasteiger partial charge in [0.25, 0.3) is 0 Å². The van der Waals surface area contributed by atoms with Gasteiger partial charge < -0.3 is 15.3 Å². The molecule has 1 fully saturated rings. The Morgan fingerprint density at radius 2 is 2.23 bits per heavy atom. The highest BCUT2D eigenvalue weighted by Gasteiger charge is 2.23. The summed E-state index contributed by atoms with van der Waals surface area (Å²) in [7, 11) is 2.16. The summed E-state index contributed by atoms with van der Waals surface area (Å²) >= 11 is 0. The number of rotatable bonds is 4. The molecule has 0 aromatic carbocycles. The van der Waals surface area contributed by atoms with Crippen LogP contribution >= 0.6 is 0 Å². The monoisotopic (exact) mass is 186 g/mol. The van der Waals surface area contributed by atoms with E-state index in [1.54, 1.807) is 0 Å². The number of nitrogens with zero attached hydrogens (tertiary/aromatic N) is 1. The van der Waals surface area contributed by atoms with Gasteiger partial charge in [-0.15, -0.1) is 0 Å². The topological polar surface area (TPSA) is 35.5 Å². The maximum absolute atomic E-state index is 8.88. The van der Waals surface area contributed by atoms with Crippen LogP contribution in [0.4, 0.5) is 0 Å². The van der Waals surface area contributed by atoms with E-state index in [0.29, 0.717) is 18.6 Å². The van der Waals surface area contributed by atoms with Crippen molar-refractivity contribution in [2.24, 2.45) is 5.92 Å². The molecule has 0 amide bonds. The fourth-order valence-corrected chi connectivity index (χ4v) is 2.27. The summed E-state index contributed by atoms with van der Waals surface area (Å²) in [6.45, 7) is 5.82. The number of hydrogen-bond acceptors (Lipinski definition) is 3. The molecule has 0 bridgehead atoms. The predicted octanol–water partition coefficient (Wildman–Crippen LogP) is 0.299. The summed E-state index contributed by atoms with van der Waals surface area (Å²) in [5.74, 6) is 0.674. The highest BCUT2D eigenvalue weighted by Crippen LogP contribution is 2.18. The van der Waals surface area contributed by atoms with Gasteiger partial charge in [-0.3, -0.25) is 0 Å². The first-order chi connectivity index (χ1) is 6.26. The molecule has 2 atom stereocenters. The fraction of sp³-hybridized carbons (Fsp3) is 1.00. The normalized spacial score (nSPS) is 30.7. The SMILES string of the molecule is CCNC1CC(CCO)CN(C)C1. The molecule has 3 nitrogen and oxygen atoms in total. The number of piperidine rings is 1. The fourth-order valence-electron chi connectivity index (χ4n) is 2.27. The molecule has 1 heterocycles. The first-order valence-corrected chi connectivity index (χ1v) is 5.29. The second-order valence-electron chi connectivity index (χ2n) is 4.09. The summed E-state index contributed by atoms with van der Waals surface area (Å²) < 4.78 is 0. The van der Waals surface area contributed by atoms with E-state index >= 15 is 0 Å². The number of hydrogen-bond donors (Lipinski definition) is 2. The maximum Gasteiger partial charge on any atom is 0.0434 e. The Morgan fingerprint density at radius 3 is 2.85 bits per heavy atom. The number of likely N-dealkylation sites (tertiary alicyclic amines) is 1. The summed E-state index contributed by atoms with van der Waals surface area (Å²) in [5, 5.41) is 12.4. The van der Waals surface area contributed by atoms with E-state index in [1.807, 2.05) is 0 Å². The van der Waals surface area contributed by atoms with E-state index < -0.39 is 0 Å². The summed E-state index contributed by atoms with van der Waals surface area (Å²) in [6, 6.07) is 0.625. The Bertz CT molecular complexity index is 127. The first-order valence-electron chi connectivity index (χ1n) is 5.29. The number of aliphatic hydroxyl groups excluding tert-OH is 1. The number of aliphatic hydroxyl groups is 1. The van der Waals surface area contributed by atoms with Gasteiger partial charge in [-0.2, -0.15) is 0 Å². The van der Waals surface area contributed by atoms with Gasteiger partial charge in [-0.05, 0) is 32.4 Å². The number of nitrogens with one attached hydrogen (secondary N) is 1. The third kappa shape index (κ3) is 3.63. The van der Waals surface area contributed by atoms with Gasteiger partial charge in [0.2, 0.25) is 0 Å². The molecule has 2 unspecified atom stereocenters. The van der Waals surface area contributed by atoms with Gasteiger partial charge in [0, 0.05) is 25.7 Å². The molecule has 0 spiro atoms. The summed E-state index contributed by atoms with van der Waals surface area (Å²) in [5.41, 5.74) is 0. The number of likely N-dealkylation sites (N-methyl/N-ethyl adjacent to an activating group) is 2. The molecule has 0 aliphatic carbocycles. The van der Waals surface area contributed by atoms with Crippen LogP contribution in [0.3, 0.4) is 0 Å². The van der Waals surface area contributed by atoms with E-state index in [4.69, 9.17) is 5.11 Å². The van der Waals surface area contributed by atoms with E-state index in [1.165, 1.54) is 6.42 Å². The molecule has 3 heteroatoms. The quantitative estimate of drug-likeness (QED) is 0.663. The molecule has 1 saturated heterocycles. The van der Waals surface area contributed by atoms with Gasteiger partial charge in [-0.25, -0.2) is 0 Å². The largest absolute Gasteiger partial charge is 0.396 e. The average molecular weight is 186 g/mol. The van der Waals surface area contributed by atoms with Crippen molar-refractivity contribution in [3.05, 3.63) is 0 Å². The van der Waals surface area contributed by atoms with Gasteiger partial charge in [-0.1, -0.05) is 6.92 Å². The lowest BCUT2D eigenvalue weighted by atomic mass is 9.92. The molecule has 1 aliphatic heterocycles. The minimum Gasteiger partial charge on any atom is -0.396 e. The van der Waals surface area contributed by atoms with Crippen molar-refractivity contribution < 1.29 is 5.11 Å². The Kier molecular flexibility index (Phi) is 4.70. The molecule has 1 rings (SSSR count). The molecule has 13 heavy (non-hydrogen) atoms. The molecule has 2 N–H and O–H groups in total. The third-order valence-corrected chi connectivity index (χ3v) is 2.75. The van der Waals surface area contributed by atoms with Crippen molar-refractivity contribution >= 4 is 0 Å². The molecular weight excluding hydrogens is 164 g/mol. The third-order valence-electron chi connectivity index (χ3n) is 2.75. The zero-order valence-electron chi connectivity index (χ0n) is 8.79. The summed E-state index contributed by atoms with van der Waals surface area (Å²) in [4.78, 5) is 2.36. The predicted molar refractivity (Wildman–Crippen MR) is 54.8 cm³/mol. The lowest BCUT2D eigenvalue weighted by Crippen LogP contribution is -2.47. The van der Waals surface area contributed by atoms with E-state index in [2.05, 4.69) is 24.2 Å². The molecular formula is C10H22N2O. The van der Waals surface area contributed by atoms with Crippen LogP contribution in [0.15, 0.2) is 0 Å². The van der Waals surface area contributed by atoms with Gasteiger partial charge in [0.15, 0.2) is 0 Å². The van der Waals surface area contributed by atoms with Crippen LogP contribution in [0.25, 0.3) is 0 Å². The van der Waals surface area contributed by atoms with E-state index in [0.717, 1.165) is 26.1 Å². The van der Waals surface area contributed by atoms with Crippen LogP contribution in [0.2, 0.25) is 0 Å². The van der Waals surface area contributed by atoms with Gasteiger partial charge >= 0.3 is 0 Å². The zero-order valence-corrected chi connectivity index (χ0v) is 8.79. The Labute approximate surface area is 81.1 Å². The highest BCUT2D eigenvalue weighted by molar-refractivity contribution is 4.81. The molecule has 78 valence electrons.